The maximum Gasteiger partial charge on any atom is 0.0964 e. The zero-order valence-corrected chi connectivity index (χ0v) is 6.06. The van der Waals surface area contributed by atoms with Gasteiger partial charge in [-0.25, -0.2) is 0 Å². The Bertz CT molecular complexity index is 215. The van der Waals surface area contributed by atoms with Crippen molar-refractivity contribution >= 4 is 11.6 Å². The monoisotopic (exact) mass is 156 g/mol. The van der Waals surface area contributed by atoms with E-state index in [0.717, 1.165) is 5.56 Å². The molecule has 1 rings (SSSR count). The van der Waals surface area contributed by atoms with Crippen molar-refractivity contribution in [1.82, 2.24) is 5.90 Å². The molecule has 0 atom stereocenters. The van der Waals surface area contributed by atoms with E-state index in [-0.39, 0.29) is 6.61 Å². The molecule has 1 aromatic rings. The molecule has 0 amide bonds. The zero-order valence-electron chi connectivity index (χ0n) is 5.30. The molecule has 0 bridgehead atoms. The van der Waals surface area contributed by atoms with Crippen molar-refractivity contribution in [2.45, 2.75) is 6.61 Å². The van der Waals surface area contributed by atoms with Gasteiger partial charge in [-0.05, 0) is 11.6 Å². The number of benzene rings is 1. The molecule has 3 heteroatoms. The Morgan fingerprint density at radius 3 is 2.70 bits per heavy atom. The van der Waals surface area contributed by atoms with Crippen molar-refractivity contribution < 1.29 is 4.84 Å². The number of rotatable bonds is 2. The lowest BCUT2D eigenvalue weighted by molar-refractivity contribution is 0.104. The molecule has 1 aromatic carbocycles. The second-order valence-electron chi connectivity index (χ2n) is 1.88. The topological polar surface area (TPSA) is 33.0 Å². The molecule has 0 aliphatic carbocycles. The molecule has 0 unspecified atom stereocenters. The van der Waals surface area contributed by atoms with Crippen LogP contribution in [0.4, 0.5) is 0 Å². The van der Waals surface area contributed by atoms with Crippen molar-refractivity contribution in [2.75, 3.05) is 0 Å². The molecule has 0 saturated carbocycles. The fourth-order valence-corrected chi connectivity index (χ4v) is 0.883. The lowest BCUT2D eigenvalue weighted by Gasteiger charge is -1.98. The van der Waals surface area contributed by atoms with Crippen molar-refractivity contribution in [3.63, 3.8) is 0 Å². The number of nitrogens with one attached hydrogen (secondary N) is 1. The van der Waals surface area contributed by atoms with E-state index in [9.17, 15) is 0 Å². The molecule has 0 aliphatic rings. The summed E-state index contributed by atoms with van der Waals surface area (Å²) in [5.41, 5.74) is 0.846. The molecule has 1 radical (unpaired) electrons. The van der Waals surface area contributed by atoms with Gasteiger partial charge in [0.15, 0.2) is 0 Å². The van der Waals surface area contributed by atoms with E-state index in [0.29, 0.717) is 5.02 Å². The first-order chi connectivity index (χ1) is 4.84. The summed E-state index contributed by atoms with van der Waals surface area (Å²) in [6, 6.07) is 7.31. The van der Waals surface area contributed by atoms with Gasteiger partial charge in [-0.15, -0.1) is 5.90 Å². The van der Waals surface area contributed by atoms with Crippen LogP contribution in [0.1, 0.15) is 5.56 Å². The molecule has 0 heterocycles. The predicted molar refractivity (Wildman–Crippen MR) is 39.3 cm³/mol. The number of halogens is 1. The van der Waals surface area contributed by atoms with E-state index in [1.807, 2.05) is 18.2 Å². The third-order valence-electron chi connectivity index (χ3n) is 1.19. The van der Waals surface area contributed by atoms with Crippen LogP contribution in [0.2, 0.25) is 5.02 Å². The Balaban J connectivity index is 2.81. The molecule has 53 valence electrons. The van der Waals surface area contributed by atoms with Gasteiger partial charge in [0.25, 0.3) is 0 Å². The molecule has 0 fully saturated rings. The lowest BCUT2D eigenvalue weighted by Crippen LogP contribution is -1.89. The highest BCUT2D eigenvalue weighted by Crippen LogP contribution is 2.14. The second-order valence-corrected chi connectivity index (χ2v) is 2.29. The molecule has 2 nitrogen and oxygen atoms in total. The highest BCUT2D eigenvalue weighted by Gasteiger charge is 1.95. The van der Waals surface area contributed by atoms with Crippen LogP contribution in [-0.2, 0) is 11.4 Å². The normalized spacial score (nSPS) is 9.80. The van der Waals surface area contributed by atoms with Gasteiger partial charge in [-0.3, -0.25) is 4.84 Å². The van der Waals surface area contributed by atoms with Gasteiger partial charge in [-0.2, -0.15) is 0 Å². The third kappa shape index (κ3) is 1.70. The van der Waals surface area contributed by atoms with Crippen molar-refractivity contribution in [2.24, 2.45) is 0 Å². The summed E-state index contributed by atoms with van der Waals surface area (Å²) in [4.78, 5) is 4.17. The summed E-state index contributed by atoms with van der Waals surface area (Å²) in [7, 11) is 0. The van der Waals surface area contributed by atoms with Crippen LogP contribution in [0.5, 0.6) is 0 Å². The summed E-state index contributed by atoms with van der Waals surface area (Å²) in [6.07, 6.45) is 0. The minimum absolute atomic E-state index is 0.250. The first-order valence-corrected chi connectivity index (χ1v) is 3.24. The average Bonchev–Trinajstić information content (AvgIpc) is 1.94. The largest absolute Gasteiger partial charge is 0.280 e. The summed E-state index contributed by atoms with van der Waals surface area (Å²) in [6.45, 7) is 0.250. The van der Waals surface area contributed by atoms with E-state index in [1.54, 1.807) is 6.07 Å². The van der Waals surface area contributed by atoms with Gasteiger partial charge < -0.3 is 0 Å². The lowest BCUT2D eigenvalue weighted by atomic mass is 10.2. The van der Waals surface area contributed by atoms with Gasteiger partial charge >= 0.3 is 0 Å². The standard InChI is InChI=1S/C7H7ClNO/c8-7-4-2-1-3-6(7)5-10-9/h1-4,9H,5H2. The van der Waals surface area contributed by atoms with E-state index in [2.05, 4.69) is 4.84 Å². The fraction of sp³-hybridized carbons (Fsp3) is 0.143. The summed E-state index contributed by atoms with van der Waals surface area (Å²) in [5, 5.41) is 0.648. The average molecular weight is 157 g/mol. The highest BCUT2D eigenvalue weighted by atomic mass is 35.5. The Morgan fingerprint density at radius 1 is 1.40 bits per heavy atom. The molecule has 10 heavy (non-hydrogen) atoms. The molecule has 0 spiro atoms. The highest BCUT2D eigenvalue weighted by molar-refractivity contribution is 6.31. The van der Waals surface area contributed by atoms with Crippen molar-refractivity contribution in [3.8, 4) is 0 Å². The van der Waals surface area contributed by atoms with E-state index < -0.39 is 0 Å². The first kappa shape index (κ1) is 7.54. The Kier molecular flexibility index (Phi) is 2.68. The maximum absolute atomic E-state index is 6.48. The molecule has 1 N–H and O–H groups in total. The van der Waals surface area contributed by atoms with Crippen LogP contribution >= 0.6 is 11.6 Å². The first-order valence-electron chi connectivity index (χ1n) is 2.86. The molecule has 0 aromatic heterocycles. The van der Waals surface area contributed by atoms with Gasteiger partial charge in [0.2, 0.25) is 0 Å². The van der Waals surface area contributed by atoms with Gasteiger partial charge in [0, 0.05) is 5.02 Å². The number of hydrogen-bond acceptors (Lipinski definition) is 1. The van der Waals surface area contributed by atoms with Crippen LogP contribution in [0, 0.1) is 0 Å². The van der Waals surface area contributed by atoms with Crippen molar-refractivity contribution in [1.29, 1.82) is 0 Å². The molecule has 0 saturated heterocycles. The van der Waals surface area contributed by atoms with E-state index in [4.69, 9.17) is 17.5 Å². The van der Waals surface area contributed by atoms with Crippen LogP contribution in [0.25, 0.3) is 0 Å². The van der Waals surface area contributed by atoms with Crippen molar-refractivity contribution in [3.05, 3.63) is 34.9 Å². The fourth-order valence-electron chi connectivity index (χ4n) is 0.693. The Morgan fingerprint density at radius 2 is 2.10 bits per heavy atom. The minimum atomic E-state index is 0.250. The quantitative estimate of drug-likeness (QED) is 0.604. The SMILES string of the molecule is [NH]OCc1ccccc1Cl. The minimum Gasteiger partial charge on any atom is -0.280 e. The second kappa shape index (κ2) is 3.56. The van der Waals surface area contributed by atoms with Gasteiger partial charge in [0.05, 0.1) is 6.61 Å². The summed E-state index contributed by atoms with van der Waals surface area (Å²) in [5.74, 6) is 6.48. The molecular formula is C7H7ClNO. The molecule has 0 aliphatic heterocycles. The summed E-state index contributed by atoms with van der Waals surface area (Å²) < 4.78 is 0. The Labute approximate surface area is 64.5 Å². The van der Waals surface area contributed by atoms with Crippen LogP contribution < -0.4 is 5.90 Å². The third-order valence-corrected chi connectivity index (χ3v) is 1.55. The maximum atomic E-state index is 6.48. The zero-order chi connectivity index (χ0) is 7.40. The van der Waals surface area contributed by atoms with Crippen LogP contribution in [0.3, 0.4) is 0 Å². The van der Waals surface area contributed by atoms with Crippen LogP contribution in [-0.4, -0.2) is 0 Å². The summed E-state index contributed by atoms with van der Waals surface area (Å²) >= 11 is 5.74. The smallest absolute Gasteiger partial charge is 0.0964 e. The van der Waals surface area contributed by atoms with E-state index in [1.165, 1.54) is 0 Å². The van der Waals surface area contributed by atoms with Gasteiger partial charge in [-0.1, -0.05) is 29.8 Å². The number of hydrogen-bond donors (Lipinski definition) is 0. The van der Waals surface area contributed by atoms with Gasteiger partial charge in [0.1, 0.15) is 0 Å². The predicted octanol–water partition coefficient (Wildman–Crippen LogP) is 2.05. The van der Waals surface area contributed by atoms with Crippen LogP contribution in [0.15, 0.2) is 24.3 Å². The molecular weight excluding hydrogens is 150 g/mol. The van der Waals surface area contributed by atoms with E-state index >= 15 is 0 Å². The Hall–Kier alpha value is -0.570.